The fraction of sp³-hybridized carbons (Fsp3) is 0.353. The van der Waals surface area contributed by atoms with Crippen LogP contribution in [0.25, 0.3) is 10.2 Å². The zero-order chi connectivity index (χ0) is 15.8. The summed E-state index contributed by atoms with van der Waals surface area (Å²) in [6.07, 6.45) is 6.54. The quantitative estimate of drug-likeness (QED) is 0.438. The van der Waals surface area contributed by atoms with Gasteiger partial charge in [0.25, 0.3) is 0 Å². The highest BCUT2D eigenvalue weighted by Crippen LogP contribution is 2.39. The van der Waals surface area contributed by atoms with Crippen LogP contribution in [-0.2, 0) is 12.8 Å². The molecule has 4 nitrogen and oxygen atoms in total. The first kappa shape index (κ1) is 14.9. The minimum Gasteiger partial charge on any atom is -0.359 e. The van der Waals surface area contributed by atoms with Gasteiger partial charge in [0.15, 0.2) is 5.78 Å². The van der Waals surface area contributed by atoms with Crippen LogP contribution in [0.1, 0.15) is 39.6 Å². The minimum absolute atomic E-state index is 0.105. The maximum absolute atomic E-state index is 12.2. The number of carbonyl (C=O) groups excluding carboxylic acids is 1. The summed E-state index contributed by atoms with van der Waals surface area (Å²) < 4.78 is 0. The number of aryl methyl sites for hydroxylation is 3. The van der Waals surface area contributed by atoms with Crippen molar-refractivity contribution in [1.82, 2.24) is 15.0 Å². The maximum Gasteiger partial charge on any atom is 0.189 e. The Balaban J connectivity index is 1.68. The fourth-order valence-electron chi connectivity index (χ4n) is 3.05. The number of rotatable bonds is 4. The van der Waals surface area contributed by atoms with Gasteiger partial charge < -0.3 is 4.98 Å². The summed E-state index contributed by atoms with van der Waals surface area (Å²) in [5.41, 5.74) is 2.08. The molecular formula is C17H17N3OS2. The van der Waals surface area contributed by atoms with Crippen LogP contribution in [0.15, 0.2) is 23.4 Å². The van der Waals surface area contributed by atoms with Gasteiger partial charge in [0, 0.05) is 16.5 Å². The van der Waals surface area contributed by atoms with Gasteiger partial charge in [-0.3, -0.25) is 4.79 Å². The molecule has 1 N–H and O–H groups in total. The Morgan fingerprint density at radius 3 is 3.04 bits per heavy atom. The van der Waals surface area contributed by atoms with Gasteiger partial charge >= 0.3 is 0 Å². The highest BCUT2D eigenvalue weighted by Gasteiger charge is 2.21. The average molecular weight is 343 g/mol. The Kier molecular flexibility index (Phi) is 3.95. The number of hydrogen-bond acceptors (Lipinski definition) is 5. The summed E-state index contributed by atoms with van der Waals surface area (Å²) in [5.74, 6) is 1.29. The molecule has 0 aromatic carbocycles. The summed E-state index contributed by atoms with van der Waals surface area (Å²) in [5, 5.41) is 2.16. The van der Waals surface area contributed by atoms with Crippen LogP contribution in [-0.4, -0.2) is 26.5 Å². The molecule has 23 heavy (non-hydrogen) atoms. The molecule has 0 aliphatic heterocycles. The number of aromatic nitrogens is 3. The van der Waals surface area contributed by atoms with E-state index < -0.39 is 0 Å². The lowest BCUT2D eigenvalue weighted by molar-refractivity contribution is 0.101. The van der Waals surface area contributed by atoms with Crippen molar-refractivity contribution in [3.63, 3.8) is 0 Å². The molecule has 0 bridgehead atoms. The van der Waals surface area contributed by atoms with E-state index in [9.17, 15) is 4.79 Å². The Morgan fingerprint density at radius 2 is 2.22 bits per heavy atom. The van der Waals surface area contributed by atoms with E-state index in [1.807, 2.05) is 19.1 Å². The zero-order valence-electron chi connectivity index (χ0n) is 12.9. The lowest BCUT2D eigenvalue weighted by Crippen LogP contribution is -2.04. The largest absolute Gasteiger partial charge is 0.359 e. The summed E-state index contributed by atoms with van der Waals surface area (Å²) in [7, 11) is 0. The van der Waals surface area contributed by atoms with Crippen molar-refractivity contribution < 1.29 is 4.79 Å². The summed E-state index contributed by atoms with van der Waals surface area (Å²) in [6.45, 7) is 1.93. The number of thioether (sulfide) groups is 1. The van der Waals surface area contributed by atoms with Crippen molar-refractivity contribution in [1.29, 1.82) is 0 Å². The lowest BCUT2D eigenvalue weighted by atomic mass is 9.97. The molecule has 3 aromatic rings. The third kappa shape index (κ3) is 2.81. The predicted octanol–water partition coefficient (Wildman–Crippen LogP) is 4.18. The molecule has 0 radical (unpaired) electrons. The Bertz CT molecular complexity index is 868. The van der Waals surface area contributed by atoms with Crippen LogP contribution in [0.2, 0.25) is 0 Å². The van der Waals surface area contributed by atoms with Crippen LogP contribution in [0, 0.1) is 6.92 Å². The van der Waals surface area contributed by atoms with Crippen molar-refractivity contribution in [3.05, 3.63) is 40.3 Å². The molecule has 0 spiro atoms. The molecule has 1 aliphatic carbocycles. The summed E-state index contributed by atoms with van der Waals surface area (Å²) >= 11 is 3.34. The SMILES string of the molecule is Cc1nc(SCC(=O)c2ccc[nH]2)c2c3c(sc2n1)CCCC3. The van der Waals surface area contributed by atoms with E-state index in [4.69, 9.17) is 0 Å². The van der Waals surface area contributed by atoms with Crippen molar-refractivity contribution in [3.8, 4) is 0 Å². The van der Waals surface area contributed by atoms with Gasteiger partial charge in [-0.1, -0.05) is 11.8 Å². The number of hydrogen-bond donors (Lipinski definition) is 1. The minimum atomic E-state index is 0.105. The van der Waals surface area contributed by atoms with Gasteiger partial charge in [-0.25, -0.2) is 9.97 Å². The first-order valence-corrected chi connectivity index (χ1v) is 9.61. The molecule has 0 fully saturated rings. The number of nitrogens with one attached hydrogen (secondary N) is 1. The van der Waals surface area contributed by atoms with E-state index in [0.29, 0.717) is 11.4 Å². The number of nitrogens with zero attached hydrogens (tertiary/aromatic N) is 2. The van der Waals surface area contributed by atoms with Crippen LogP contribution in [0.3, 0.4) is 0 Å². The number of thiophene rings is 1. The normalized spacial score (nSPS) is 14.1. The fourth-order valence-corrected chi connectivity index (χ4v) is 5.40. The standard InChI is InChI=1S/C17H17N3OS2/c1-10-19-16(22-9-13(21)12-6-4-8-18-12)15-11-5-2-3-7-14(11)23-17(15)20-10/h4,6,8,18H,2-3,5,7,9H2,1H3. The molecule has 0 saturated carbocycles. The summed E-state index contributed by atoms with van der Waals surface area (Å²) in [6, 6.07) is 3.66. The molecule has 3 aromatic heterocycles. The second-order valence-corrected chi connectivity index (χ2v) is 7.81. The Morgan fingerprint density at radius 1 is 1.35 bits per heavy atom. The highest BCUT2D eigenvalue weighted by atomic mass is 32.2. The number of carbonyl (C=O) groups is 1. The molecule has 0 atom stereocenters. The average Bonchev–Trinajstić information content (AvgIpc) is 3.19. The molecule has 0 saturated heterocycles. The van der Waals surface area contributed by atoms with Crippen molar-refractivity contribution in [2.24, 2.45) is 0 Å². The third-order valence-electron chi connectivity index (χ3n) is 4.13. The molecule has 0 unspecified atom stereocenters. The number of aromatic amines is 1. The topological polar surface area (TPSA) is 58.6 Å². The van der Waals surface area contributed by atoms with Crippen LogP contribution in [0.4, 0.5) is 0 Å². The van der Waals surface area contributed by atoms with E-state index in [-0.39, 0.29) is 5.78 Å². The zero-order valence-corrected chi connectivity index (χ0v) is 14.5. The van der Waals surface area contributed by atoms with Gasteiger partial charge in [0.05, 0.1) is 11.4 Å². The monoisotopic (exact) mass is 343 g/mol. The lowest BCUT2D eigenvalue weighted by Gasteiger charge is -2.11. The number of Topliss-reactive ketones (excluding diaryl/α,β-unsaturated/α-hetero) is 1. The molecule has 6 heteroatoms. The number of ketones is 1. The molecule has 0 amide bonds. The number of fused-ring (bicyclic) bond motifs is 3. The van der Waals surface area contributed by atoms with Gasteiger partial charge in [0.2, 0.25) is 0 Å². The number of H-pyrrole nitrogens is 1. The van der Waals surface area contributed by atoms with E-state index >= 15 is 0 Å². The van der Waals surface area contributed by atoms with Gasteiger partial charge in [-0.15, -0.1) is 11.3 Å². The van der Waals surface area contributed by atoms with Gasteiger partial charge in [-0.2, -0.15) is 0 Å². The van der Waals surface area contributed by atoms with Crippen LogP contribution >= 0.6 is 23.1 Å². The first-order valence-electron chi connectivity index (χ1n) is 7.80. The Hall–Kier alpha value is -1.66. The van der Waals surface area contributed by atoms with Gasteiger partial charge in [0.1, 0.15) is 15.7 Å². The maximum atomic E-state index is 12.2. The van der Waals surface area contributed by atoms with Crippen molar-refractivity contribution in [2.45, 2.75) is 37.6 Å². The van der Waals surface area contributed by atoms with E-state index in [1.54, 1.807) is 17.5 Å². The molecule has 118 valence electrons. The van der Waals surface area contributed by atoms with E-state index in [0.717, 1.165) is 28.5 Å². The first-order chi connectivity index (χ1) is 11.2. The van der Waals surface area contributed by atoms with E-state index in [2.05, 4.69) is 15.0 Å². The third-order valence-corrected chi connectivity index (χ3v) is 6.29. The molecule has 1 aliphatic rings. The summed E-state index contributed by atoms with van der Waals surface area (Å²) in [4.78, 5) is 27.0. The van der Waals surface area contributed by atoms with Crippen LogP contribution in [0.5, 0.6) is 0 Å². The second kappa shape index (κ2) is 6.09. The van der Waals surface area contributed by atoms with Gasteiger partial charge in [-0.05, 0) is 50.3 Å². The van der Waals surface area contributed by atoms with Crippen molar-refractivity contribution >= 4 is 39.1 Å². The second-order valence-electron chi connectivity index (χ2n) is 5.76. The molecule has 3 heterocycles. The van der Waals surface area contributed by atoms with E-state index in [1.165, 1.54) is 40.4 Å². The smallest absolute Gasteiger partial charge is 0.189 e. The predicted molar refractivity (Wildman–Crippen MR) is 94.6 cm³/mol. The van der Waals surface area contributed by atoms with Crippen molar-refractivity contribution in [2.75, 3.05) is 5.75 Å². The Labute approximate surface area is 142 Å². The molecule has 4 rings (SSSR count). The highest BCUT2D eigenvalue weighted by molar-refractivity contribution is 8.00. The molecular weight excluding hydrogens is 326 g/mol. The van der Waals surface area contributed by atoms with Crippen LogP contribution < -0.4 is 0 Å².